The number of nitrogens with two attached hydrogens (primary N) is 1. The van der Waals surface area contributed by atoms with Crippen LogP contribution in [-0.4, -0.2) is 47.5 Å². The van der Waals surface area contributed by atoms with Crippen LogP contribution in [0, 0.1) is 19.8 Å². The standard InChI is InChI=1S/C16H26N4O3S.ClH/c1-11-12(2)24-16(23)20(11)9-5-14(21)19-8-3-4-13(10-19)15(22)18-7-6-17;/h13H,3-10,17H2,1-2H3,(H,18,22);1H. The molecule has 0 radical (unpaired) electrons. The second-order valence-electron chi connectivity index (χ2n) is 6.17. The molecule has 2 rings (SSSR count). The zero-order valence-electron chi connectivity index (χ0n) is 14.7. The summed E-state index contributed by atoms with van der Waals surface area (Å²) in [5.41, 5.74) is 6.32. The lowest BCUT2D eigenvalue weighted by Crippen LogP contribution is -2.46. The van der Waals surface area contributed by atoms with Gasteiger partial charge in [0.05, 0.1) is 5.92 Å². The molecule has 0 aliphatic carbocycles. The first-order chi connectivity index (χ1) is 11.4. The van der Waals surface area contributed by atoms with Crippen molar-refractivity contribution in [2.75, 3.05) is 26.2 Å². The smallest absolute Gasteiger partial charge is 0.307 e. The van der Waals surface area contributed by atoms with E-state index in [2.05, 4.69) is 5.32 Å². The minimum absolute atomic E-state index is 0. The number of hydrogen-bond donors (Lipinski definition) is 2. The fourth-order valence-electron chi connectivity index (χ4n) is 2.97. The van der Waals surface area contributed by atoms with E-state index in [9.17, 15) is 14.4 Å². The summed E-state index contributed by atoms with van der Waals surface area (Å²) in [6, 6.07) is 0. The van der Waals surface area contributed by atoms with Crippen LogP contribution in [0.4, 0.5) is 0 Å². The van der Waals surface area contributed by atoms with Crippen LogP contribution in [0.25, 0.3) is 0 Å². The van der Waals surface area contributed by atoms with E-state index in [0.717, 1.165) is 23.4 Å². The Kier molecular flexibility index (Phi) is 8.61. The average molecular weight is 391 g/mol. The van der Waals surface area contributed by atoms with E-state index in [1.54, 1.807) is 9.47 Å². The summed E-state index contributed by atoms with van der Waals surface area (Å²) >= 11 is 1.21. The molecular formula is C16H27ClN4O3S. The number of thiazole rings is 1. The minimum Gasteiger partial charge on any atom is -0.355 e. The molecule has 0 saturated carbocycles. The van der Waals surface area contributed by atoms with Gasteiger partial charge in [-0.1, -0.05) is 11.3 Å². The lowest BCUT2D eigenvalue weighted by molar-refractivity contribution is -0.135. The number of carbonyl (C=O) groups is 2. The van der Waals surface area contributed by atoms with Crippen LogP contribution in [0.1, 0.15) is 29.8 Å². The first-order valence-corrected chi connectivity index (χ1v) is 9.18. The van der Waals surface area contributed by atoms with Crippen molar-refractivity contribution in [1.29, 1.82) is 0 Å². The average Bonchev–Trinajstić information content (AvgIpc) is 2.82. The zero-order chi connectivity index (χ0) is 17.7. The Bertz CT molecular complexity index is 658. The van der Waals surface area contributed by atoms with Crippen molar-refractivity contribution in [2.24, 2.45) is 11.7 Å². The number of piperidine rings is 1. The monoisotopic (exact) mass is 390 g/mol. The number of likely N-dealkylation sites (tertiary alicyclic amines) is 1. The van der Waals surface area contributed by atoms with Crippen LogP contribution < -0.4 is 15.9 Å². The molecule has 1 aliphatic heterocycles. The summed E-state index contributed by atoms with van der Waals surface area (Å²) in [6.07, 6.45) is 1.90. The van der Waals surface area contributed by atoms with Crippen LogP contribution in [0.3, 0.4) is 0 Å². The number of carbonyl (C=O) groups excluding carboxylic acids is 2. The van der Waals surface area contributed by atoms with Gasteiger partial charge in [-0.25, -0.2) is 0 Å². The molecule has 1 fully saturated rings. The summed E-state index contributed by atoms with van der Waals surface area (Å²) < 4.78 is 1.66. The molecule has 9 heteroatoms. The van der Waals surface area contributed by atoms with E-state index >= 15 is 0 Å². The van der Waals surface area contributed by atoms with Crippen molar-refractivity contribution in [1.82, 2.24) is 14.8 Å². The SMILES string of the molecule is Cc1sc(=O)n(CCC(=O)N2CCCC(C(=O)NCCN)C2)c1C.Cl. The predicted molar refractivity (Wildman–Crippen MR) is 101 cm³/mol. The van der Waals surface area contributed by atoms with Crippen molar-refractivity contribution in [3.8, 4) is 0 Å². The molecule has 1 saturated heterocycles. The summed E-state index contributed by atoms with van der Waals surface area (Å²) in [4.78, 5) is 39.1. The zero-order valence-corrected chi connectivity index (χ0v) is 16.4. The third kappa shape index (κ3) is 5.55. The number of amides is 2. The molecule has 1 atom stereocenters. The molecule has 0 bridgehead atoms. The number of nitrogens with one attached hydrogen (secondary N) is 1. The van der Waals surface area contributed by atoms with E-state index < -0.39 is 0 Å². The van der Waals surface area contributed by atoms with Crippen molar-refractivity contribution < 1.29 is 9.59 Å². The lowest BCUT2D eigenvalue weighted by Gasteiger charge is -2.32. The fraction of sp³-hybridized carbons (Fsp3) is 0.688. The van der Waals surface area contributed by atoms with Crippen molar-refractivity contribution in [3.05, 3.63) is 20.2 Å². The van der Waals surface area contributed by atoms with Gasteiger partial charge < -0.3 is 20.5 Å². The summed E-state index contributed by atoms with van der Waals surface area (Å²) in [5.74, 6) is -0.193. The van der Waals surface area contributed by atoms with Gasteiger partial charge in [0.1, 0.15) is 0 Å². The number of rotatable bonds is 6. The topological polar surface area (TPSA) is 97.4 Å². The number of nitrogens with zero attached hydrogens (tertiary/aromatic N) is 2. The molecule has 1 unspecified atom stereocenters. The van der Waals surface area contributed by atoms with Crippen LogP contribution in [0.15, 0.2) is 4.79 Å². The van der Waals surface area contributed by atoms with Crippen LogP contribution >= 0.6 is 23.7 Å². The normalized spacial score (nSPS) is 17.1. The number of halogens is 1. The molecule has 1 aliphatic rings. The Labute approximate surface area is 158 Å². The van der Waals surface area contributed by atoms with E-state index in [-0.39, 0.29) is 41.4 Å². The highest BCUT2D eigenvalue weighted by Gasteiger charge is 2.28. The van der Waals surface area contributed by atoms with Gasteiger partial charge in [0.2, 0.25) is 11.8 Å². The molecule has 0 aromatic carbocycles. The molecule has 142 valence electrons. The Hall–Kier alpha value is -1.38. The molecular weight excluding hydrogens is 364 g/mol. The van der Waals surface area contributed by atoms with E-state index in [1.165, 1.54) is 11.3 Å². The lowest BCUT2D eigenvalue weighted by atomic mass is 9.97. The quantitative estimate of drug-likeness (QED) is 0.745. The van der Waals surface area contributed by atoms with Gasteiger partial charge in [-0.15, -0.1) is 12.4 Å². The molecule has 0 spiro atoms. The third-order valence-electron chi connectivity index (χ3n) is 4.51. The molecule has 7 nitrogen and oxygen atoms in total. The van der Waals surface area contributed by atoms with Gasteiger partial charge in [0.25, 0.3) is 0 Å². The Morgan fingerprint density at radius 2 is 2.08 bits per heavy atom. The van der Waals surface area contributed by atoms with Gasteiger partial charge in [-0.2, -0.15) is 0 Å². The predicted octanol–water partition coefficient (Wildman–Crippen LogP) is 0.652. The summed E-state index contributed by atoms with van der Waals surface area (Å²) in [7, 11) is 0. The number of hydrogen-bond acceptors (Lipinski definition) is 5. The van der Waals surface area contributed by atoms with Gasteiger partial charge in [0, 0.05) is 49.7 Å². The van der Waals surface area contributed by atoms with Crippen LogP contribution in [0.2, 0.25) is 0 Å². The number of aromatic nitrogens is 1. The second-order valence-corrected chi connectivity index (χ2v) is 7.34. The molecule has 1 aromatic heterocycles. The van der Waals surface area contributed by atoms with Gasteiger partial charge in [-0.3, -0.25) is 14.4 Å². The maximum absolute atomic E-state index is 12.4. The van der Waals surface area contributed by atoms with Crippen LogP contribution in [-0.2, 0) is 16.1 Å². The Balaban J connectivity index is 0.00000312. The maximum atomic E-state index is 12.4. The summed E-state index contributed by atoms with van der Waals surface area (Å²) in [6.45, 7) is 6.21. The third-order valence-corrected chi connectivity index (χ3v) is 5.51. The highest BCUT2D eigenvalue weighted by molar-refractivity contribution is 7.09. The van der Waals surface area contributed by atoms with E-state index in [0.29, 0.717) is 32.7 Å². The van der Waals surface area contributed by atoms with Crippen molar-refractivity contribution in [3.63, 3.8) is 0 Å². The minimum atomic E-state index is -0.165. The fourth-order valence-corrected chi connectivity index (χ4v) is 3.83. The highest BCUT2D eigenvalue weighted by Crippen LogP contribution is 2.18. The van der Waals surface area contributed by atoms with Crippen LogP contribution in [0.5, 0.6) is 0 Å². The highest BCUT2D eigenvalue weighted by atomic mass is 35.5. The Morgan fingerprint density at radius 3 is 2.68 bits per heavy atom. The molecule has 2 amide bonds. The van der Waals surface area contributed by atoms with Crippen molar-refractivity contribution in [2.45, 2.75) is 39.7 Å². The van der Waals surface area contributed by atoms with Gasteiger partial charge in [0.15, 0.2) is 0 Å². The molecule has 3 N–H and O–H groups in total. The maximum Gasteiger partial charge on any atom is 0.307 e. The molecule has 2 heterocycles. The second kappa shape index (κ2) is 9.94. The molecule has 25 heavy (non-hydrogen) atoms. The Morgan fingerprint density at radius 1 is 1.36 bits per heavy atom. The largest absolute Gasteiger partial charge is 0.355 e. The molecule has 1 aromatic rings. The van der Waals surface area contributed by atoms with E-state index in [4.69, 9.17) is 5.73 Å². The summed E-state index contributed by atoms with van der Waals surface area (Å²) in [5, 5.41) is 2.79. The first-order valence-electron chi connectivity index (χ1n) is 8.36. The number of aryl methyl sites for hydroxylation is 1. The van der Waals surface area contributed by atoms with E-state index in [1.807, 2.05) is 13.8 Å². The van der Waals surface area contributed by atoms with Crippen molar-refractivity contribution >= 4 is 35.6 Å². The van der Waals surface area contributed by atoms with Gasteiger partial charge in [-0.05, 0) is 26.7 Å². The first kappa shape index (κ1) is 21.7. The van der Waals surface area contributed by atoms with Gasteiger partial charge >= 0.3 is 4.87 Å².